The minimum Gasteiger partial charge on any atom is -0.481 e. The Balaban J connectivity index is 0.00000264. The lowest BCUT2D eigenvalue weighted by Gasteiger charge is -2.28. The van der Waals surface area contributed by atoms with Crippen LogP contribution in [-0.2, 0) is 6.54 Å². The van der Waals surface area contributed by atoms with Crippen molar-refractivity contribution < 1.29 is 4.74 Å². The molecule has 1 heterocycles. The van der Waals surface area contributed by atoms with E-state index in [1.54, 1.807) is 7.11 Å². The number of hydrogen-bond acceptors (Lipinski definition) is 3. The number of pyridine rings is 1. The first-order valence-electron chi connectivity index (χ1n) is 8.15. The molecule has 23 heavy (non-hydrogen) atoms. The van der Waals surface area contributed by atoms with Gasteiger partial charge in [0.05, 0.1) is 7.11 Å². The molecule has 0 atom stereocenters. The van der Waals surface area contributed by atoms with Crippen LogP contribution in [0.2, 0.25) is 0 Å². The van der Waals surface area contributed by atoms with Gasteiger partial charge in [-0.15, -0.1) is 24.0 Å². The highest BCUT2D eigenvalue weighted by molar-refractivity contribution is 14.0. The Bertz CT molecular complexity index is 484. The van der Waals surface area contributed by atoms with Gasteiger partial charge in [-0.1, -0.05) is 25.8 Å². The van der Waals surface area contributed by atoms with Crippen LogP contribution >= 0.6 is 24.0 Å². The molecule has 0 aromatic carbocycles. The fraction of sp³-hybridized carbons (Fsp3) is 0.647. The lowest BCUT2D eigenvalue weighted by atomic mass is 9.83. The molecule has 1 aliphatic rings. The number of halogens is 1. The Labute approximate surface area is 156 Å². The fourth-order valence-corrected chi connectivity index (χ4v) is 3.09. The van der Waals surface area contributed by atoms with Gasteiger partial charge in [-0.25, -0.2) is 4.98 Å². The highest BCUT2D eigenvalue weighted by Crippen LogP contribution is 2.40. The van der Waals surface area contributed by atoms with Gasteiger partial charge in [-0.2, -0.15) is 0 Å². The summed E-state index contributed by atoms with van der Waals surface area (Å²) in [6.45, 7) is 4.01. The maximum atomic E-state index is 5.07. The molecule has 0 saturated heterocycles. The highest BCUT2D eigenvalue weighted by Gasteiger charge is 2.31. The third kappa shape index (κ3) is 5.82. The number of ether oxygens (including phenoxy) is 1. The van der Waals surface area contributed by atoms with Gasteiger partial charge in [0.15, 0.2) is 5.96 Å². The molecule has 1 aromatic heterocycles. The average molecular weight is 432 g/mol. The number of methoxy groups -OCH3 is 1. The molecule has 130 valence electrons. The van der Waals surface area contributed by atoms with E-state index in [0.717, 1.165) is 18.1 Å². The molecule has 0 unspecified atom stereocenters. The average Bonchev–Trinajstić information content (AvgIpc) is 3.05. The fourth-order valence-electron chi connectivity index (χ4n) is 3.09. The lowest BCUT2D eigenvalue weighted by molar-refractivity contribution is 0.283. The van der Waals surface area contributed by atoms with Crippen molar-refractivity contribution in [2.45, 2.75) is 45.6 Å². The lowest BCUT2D eigenvalue weighted by Crippen LogP contribution is -2.42. The quantitative estimate of drug-likeness (QED) is 0.411. The number of rotatable bonds is 6. The van der Waals surface area contributed by atoms with Gasteiger partial charge in [0.25, 0.3) is 0 Å². The molecule has 1 saturated carbocycles. The van der Waals surface area contributed by atoms with Crippen LogP contribution in [0, 0.1) is 5.41 Å². The standard InChI is InChI=1S/C17H28N4O.HI/c1-4-17(9-5-6-10-17)13-21-16(18-2)20-12-14-7-8-15(22-3)19-11-14;/h7-8,11H,4-6,9-10,12-13H2,1-3H3,(H2,18,20,21);1H. The minimum atomic E-state index is 0. The number of nitrogens with zero attached hydrogens (tertiary/aromatic N) is 2. The van der Waals surface area contributed by atoms with Crippen LogP contribution < -0.4 is 15.4 Å². The zero-order chi connectivity index (χ0) is 15.8. The summed E-state index contributed by atoms with van der Waals surface area (Å²) >= 11 is 0. The molecule has 0 amide bonds. The zero-order valence-corrected chi connectivity index (χ0v) is 16.7. The molecule has 2 rings (SSSR count). The van der Waals surface area contributed by atoms with Crippen LogP contribution in [0.3, 0.4) is 0 Å². The van der Waals surface area contributed by atoms with Crippen LogP contribution in [-0.4, -0.2) is 31.6 Å². The summed E-state index contributed by atoms with van der Waals surface area (Å²) in [5, 5.41) is 6.84. The van der Waals surface area contributed by atoms with Gasteiger partial charge >= 0.3 is 0 Å². The van der Waals surface area contributed by atoms with Crippen LogP contribution in [0.25, 0.3) is 0 Å². The summed E-state index contributed by atoms with van der Waals surface area (Å²) in [5.74, 6) is 1.49. The molecule has 1 fully saturated rings. The van der Waals surface area contributed by atoms with Crippen molar-refractivity contribution in [3.05, 3.63) is 23.9 Å². The molecule has 5 nitrogen and oxygen atoms in total. The predicted molar refractivity (Wildman–Crippen MR) is 106 cm³/mol. The van der Waals surface area contributed by atoms with E-state index < -0.39 is 0 Å². The highest BCUT2D eigenvalue weighted by atomic mass is 127. The second-order valence-corrected chi connectivity index (χ2v) is 6.05. The van der Waals surface area contributed by atoms with Gasteiger partial charge in [0, 0.05) is 32.4 Å². The minimum absolute atomic E-state index is 0. The van der Waals surface area contributed by atoms with E-state index in [4.69, 9.17) is 4.74 Å². The van der Waals surface area contributed by atoms with E-state index in [9.17, 15) is 0 Å². The Morgan fingerprint density at radius 2 is 2.04 bits per heavy atom. The van der Waals surface area contributed by atoms with Gasteiger partial charge in [0.2, 0.25) is 5.88 Å². The Kier molecular flexibility index (Phi) is 8.65. The van der Waals surface area contributed by atoms with Crippen molar-refractivity contribution in [1.29, 1.82) is 0 Å². The number of aliphatic imine (C=N–C) groups is 1. The number of nitrogens with one attached hydrogen (secondary N) is 2. The normalized spacial score (nSPS) is 16.6. The zero-order valence-electron chi connectivity index (χ0n) is 14.4. The first kappa shape index (κ1) is 20.0. The molecular formula is C17H29IN4O. The maximum Gasteiger partial charge on any atom is 0.212 e. The van der Waals surface area contributed by atoms with E-state index in [-0.39, 0.29) is 24.0 Å². The van der Waals surface area contributed by atoms with Gasteiger partial charge in [0.1, 0.15) is 0 Å². The summed E-state index contributed by atoms with van der Waals surface area (Å²) in [4.78, 5) is 8.52. The number of aromatic nitrogens is 1. The van der Waals surface area contributed by atoms with E-state index in [1.807, 2.05) is 25.4 Å². The largest absolute Gasteiger partial charge is 0.481 e. The molecule has 1 aromatic rings. The second-order valence-electron chi connectivity index (χ2n) is 6.05. The van der Waals surface area contributed by atoms with Crippen molar-refractivity contribution >= 4 is 29.9 Å². The molecular weight excluding hydrogens is 403 g/mol. The molecule has 6 heteroatoms. The molecule has 0 spiro atoms. The van der Waals surface area contributed by atoms with E-state index in [1.165, 1.54) is 32.1 Å². The van der Waals surface area contributed by atoms with Gasteiger partial charge in [-0.3, -0.25) is 4.99 Å². The maximum absolute atomic E-state index is 5.07. The van der Waals surface area contributed by atoms with Crippen molar-refractivity contribution in [3.8, 4) is 5.88 Å². The van der Waals surface area contributed by atoms with Gasteiger partial charge < -0.3 is 15.4 Å². The molecule has 0 bridgehead atoms. The van der Waals surface area contributed by atoms with Crippen LogP contribution in [0.15, 0.2) is 23.3 Å². The van der Waals surface area contributed by atoms with E-state index in [2.05, 4.69) is 27.5 Å². The van der Waals surface area contributed by atoms with E-state index >= 15 is 0 Å². The SMILES string of the molecule is CCC1(CNC(=NC)NCc2ccc(OC)nc2)CCCC1.I. The molecule has 0 radical (unpaired) electrons. The van der Waals surface area contributed by atoms with Crippen molar-refractivity contribution in [2.24, 2.45) is 10.4 Å². The Morgan fingerprint density at radius 3 is 2.57 bits per heavy atom. The van der Waals surface area contributed by atoms with Crippen molar-refractivity contribution in [1.82, 2.24) is 15.6 Å². The van der Waals surface area contributed by atoms with Crippen molar-refractivity contribution in [2.75, 3.05) is 20.7 Å². The second kappa shape index (κ2) is 9.95. The Morgan fingerprint density at radius 1 is 1.30 bits per heavy atom. The van der Waals surface area contributed by atoms with Crippen LogP contribution in [0.5, 0.6) is 5.88 Å². The monoisotopic (exact) mass is 432 g/mol. The summed E-state index contributed by atoms with van der Waals surface area (Å²) < 4.78 is 5.07. The Hall–Kier alpha value is -1.05. The van der Waals surface area contributed by atoms with Gasteiger partial charge in [-0.05, 0) is 30.2 Å². The summed E-state index contributed by atoms with van der Waals surface area (Å²) in [5.41, 5.74) is 1.56. The molecule has 1 aliphatic carbocycles. The van der Waals surface area contributed by atoms with Crippen molar-refractivity contribution in [3.63, 3.8) is 0 Å². The molecule has 0 aliphatic heterocycles. The smallest absolute Gasteiger partial charge is 0.212 e. The number of hydrogen-bond donors (Lipinski definition) is 2. The van der Waals surface area contributed by atoms with Crippen LogP contribution in [0.1, 0.15) is 44.6 Å². The third-order valence-electron chi connectivity index (χ3n) is 4.74. The summed E-state index contributed by atoms with van der Waals surface area (Å²) in [6, 6.07) is 3.88. The first-order valence-corrected chi connectivity index (χ1v) is 8.15. The topological polar surface area (TPSA) is 58.5 Å². The molecule has 2 N–H and O–H groups in total. The summed E-state index contributed by atoms with van der Waals surface area (Å²) in [6.07, 6.45) is 8.44. The third-order valence-corrected chi connectivity index (χ3v) is 4.74. The van der Waals surface area contributed by atoms with Crippen LogP contribution in [0.4, 0.5) is 0 Å². The predicted octanol–water partition coefficient (Wildman–Crippen LogP) is 3.34. The summed E-state index contributed by atoms with van der Waals surface area (Å²) in [7, 11) is 3.44. The first-order chi connectivity index (χ1) is 10.7. The number of guanidine groups is 1. The van der Waals surface area contributed by atoms with E-state index in [0.29, 0.717) is 17.8 Å².